The van der Waals surface area contributed by atoms with Crippen LogP contribution in [0.25, 0.3) is 0 Å². The highest BCUT2D eigenvalue weighted by atomic mass is 16.6. The SMILES string of the molecule is CC.CCC(CCNC)C1CCN(C(=O)OC(C)(C)C)CC1. The lowest BCUT2D eigenvalue weighted by Crippen LogP contribution is -2.43. The van der Waals surface area contributed by atoms with E-state index in [0.717, 1.165) is 44.3 Å². The number of amides is 1. The molecule has 1 unspecified atom stereocenters. The van der Waals surface area contributed by atoms with Crippen LogP contribution < -0.4 is 5.32 Å². The Morgan fingerprint density at radius 1 is 1.27 bits per heavy atom. The Labute approximate surface area is 138 Å². The molecule has 1 amide bonds. The number of hydrogen-bond acceptors (Lipinski definition) is 3. The zero-order valence-corrected chi connectivity index (χ0v) is 15.9. The Morgan fingerprint density at radius 3 is 2.23 bits per heavy atom. The monoisotopic (exact) mass is 314 g/mol. The van der Waals surface area contributed by atoms with Gasteiger partial charge in [0.15, 0.2) is 0 Å². The average molecular weight is 315 g/mol. The first-order chi connectivity index (χ1) is 10.4. The normalized spacial score (nSPS) is 17.5. The van der Waals surface area contributed by atoms with Crippen LogP contribution in [0.3, 0.4) is 0 Å². The van der Waals surface area contributed by atoms with Crippen LogP contribution in [0.5, 0.6) is 0 Å². The standard InChI is InChI=1S/C16H32N2O2.C2H6/c1-6-13(7-10-17-5)14-8-11-18(12-9-14)15(19)20-16(2,3)4;1-2/h13-14,17H,6-12H2,1-5H3;1-2H3. The second-order valence-corrected chi connectivity index (χ2v) is 6.87. The largest absolute Gasteiger partial charge is 0.444 e. The van der Waals surface area contributed by atoms with Crippen LogP contribution in [0.1, 0.15) is 67.2 Å². The topological polar surface area (TPSA) is 41.6 Å². The third-order valence-electron chi connectivity index (χ3n) is 4.15. The van der Waals surface area contributed by atoms with E-state index in [0.29, 0.717) is 0 Å². The molecular weight excluding hydrogens is 276 g/mol. The average Bonchev–Trinajstić information content (AvgIpc) is 2.49. The van der Waals surface area contributed by atoms with Gasteiger partial charge in [0.1, 0.15) is 5.60 Å². The molecule has 0 bridgehead atoms. The molecule has 0 radical (unpaired) electrons. The smallest absolute Gasteiger partial charge is 0.410 e. The van der Waals surface area contributed by atoms with Gasteiger partial charge in [0.05, 0.1) is 0 Å². The molecule has 1 rings (SSSR count). The number of carbonyl (C=O) groups excluding carboxylic acids is 1. The van der Waals surface area contributed by atoms with Crippen molar-refractivity contribution in [2.24, 2.45) is 11.8 Å². The molecule has 1 aliphatic rings. The van der Waals surface area contributed by atoms with E-state index in [1.807, 2.05) is 46.6 Å². The lowest BCUT2D eigenvalue weighted by molar-refractivity contribution is 0.0156. The predicted octanol–water partition coefficient (Wildman–Crippen LogP) is 4.30. The Bertz CT molecular complexity index is 292. The van der Waals surface area contributed by atoms with Crippen LogP contribution in [-0.2, 0) is 4.74 Å². The first-order valence-corrected chi connectivity index (χ1v) is 9.00. The quantitative estimate of drug-likeness (QED) is 0.823. The summed E-state index contributed by atoms with van der Waals surface area (Å²) in [6.45, 7) is 14.8. The maximum atomic E-state index is 12.0. The second-order valence-electron chi connectivity index (χ2n) is 6.87. The summed E-state index contributed by atoms with van der Waals surface area (Å²) >= 11 is 0. The second kappa shape index (κ2) is 10.9. The summed E-state index contributed by atoms with van der Waals surface area (Å²) in [7, 11) is 2.01. The van der Waals surface area contributed by atoms with Gasteiger partial charge in [0.25, 0.3) is 0 Å². The van der Waals surface area contributed by atoms with Crippen molar-refractivity contribution in [3.63, 3.8) is 0 Å². The van der Waals surface area contributed by atoms with Gasteiger partial charge in [-0.3, -0.25) is 0 Å². The molecule has 0 spiro atoms. The van der Waals surface area contributed by atoms with E-state index in [9.17, 15) is 4.79 Å². The van der Waals surface area contributed by atoms with E-state index in [-0.39, 0.29) is 6.09 Å². The van der Waals surface area contributed by atoms with E-state index >= 15 is 0 Å². The molecule has 22 heavy (non-hydrogen) atoms. The van der Waals surface area contributed by atoms with Crippen LogP contribution >= 0.6 is 0 Å². The zero-order valence-electron chi connectivity index (χ0n) is 15.9. The summed E-state index contributed by atoms with van der Waals surface area (Å²) in [6, 6.07) is 0. The van der Waals surface area contributed by atoms with Crippen molar-refractivity contribution in [3.8, 4) is 0 Å². The fraction of sp³-hybridized carbons (Fsp3) is 0.944. The molecule has 0 aromatic carbocycles. The van der Waals surface area contributed by atoms with E-state index in [4.69, 9.17) is 4.74 Å². The molecule has 132 valence electrons. The number of nitrogens with one attached hydrogen (secondary N) is 1. The number of likely N-dealkylation sites (tertiary alicyclic amines) is 1. The van der Waals surface area contributed by atoms with Gasteiger partial charge >= 0.3 is 6.09 Å². The fourth-order valence-corrected chi connectivity index (χ4v) is 2.98. The summed E-state index contributed by atoms with van der Waals surface area (Å²) in [4.78, 5) is 13.9. The molecular formula is C18H38N2O2. The third kappa shape index (κ3) is 8.02. The number of carbonyl (C=O) groups is 1. The molecule has 4 nitrogen and oxygen atoms in total. The molecule has 1 heterocycles. The number of piperidine rings is 1. The van der Waals surface area contributed by atoms with E-state index in [1.54, 1.807) is 0 Å². The Hall–Kier alpha value is -0.770. The Kier molecular flexibility index (Phi) is 10.5. The van der Waals surface area contributed by atoms with Gasteiger partial charge in [-0.15, -0.1) is 0 Å². The van der Waals surface area contributed by atoms with Crippen molar-refractivity contribution in [2.45, 2.75) is 72.8 Å². The summed E-state index contributed by atoms with van der Waals surface area (Å²) in [5.74, 6) is 1.54. The highest BCUT2D eigenvalue weighted by Crippen LogP contribution is 2.30. The van der Waals surface area contributed by atoms with E-state index < -0.39 is 5.60 Å². The van der Waals surface area contributed by atoms with Crippen LogP contribution in [-0.4, -0.2) is 43.3 Å². The van der Waals surface area contributed by atoms with Crippen molar-refractivity contribution >= 4 is 6.09 Å². The third-order valence-corrected chi connectivity index (χ3v) is 4.15. The summed E-state index contributed by atoms with van der Waals surface area (Å²) in [6.07, 6.45) is 4.55. The van der Waals surface area contributed by atoms with E-state index in [1.165, 1.54) is 12.8 Å². The molecule has 1 saturated heterocycles. The first kappa shape index (κ1) is 21.2. The molecule has 0 aromatic heterocycles. The van der Waals surface area contributed by atoms with Crippen LogP contribution in [0.2, 0.25) is 0 Å². The fourth-order valence-electron chi connectivity index (χ4n) is 2.98. The maximum absolute atomic E-state index is 12.0. The zero-order chi connectivity index (χ0) is 17.2. The lowest BCUT2D eigenvalue weighted by Gasteiger charge is -2.36. The van der Waals surface area contributed by atoms with Crippen molar-refractivity contribution in [1.82, 2.24) is 10.2 Å². The van der Waals surface area contributed by atoms with Crippen LogP contribution in [0, 0.1) is 11.8 Å². The molecule has 0 aromatic rings. The summed E-state index contributed by atoms with van der Waals surface area (Å²) in [5, 5.41) is 3.24. The van der Waals surface area contributed by atoms with Gasteiger partial charge in [0.2, 0.25) is 0 Å². The number of rotatable bonds is 5. The summed E-state index contributed by atoms with van der Waals surface area (Å²) < 4.78 is 5.44. The Balaban J connectivity index is 0.00000211. The minimum atomic E-state index is -0.396. The summed E-state index contributed by atoms with van der Waals surface area (Å²) in [5.41, 5.74) is -0.396. The van der Waals surface area contributed by atoms with Gasteiger partial charge in [-0.2, -0.15) is 0 Å². The molecule has 1 N–H and O–H groups in total. The highest BCUT2D eigenvalue weighted by molar-refractivity contribution is 5.68. The molecule has 1 fully saturated rings. The Morgan fingerprint density at radius 2 is 1.82 bits per heavy atom. The van der Waals surface area contributed by atoms with Crippen LogP contribution in [0.4, 0.5) is 4.79 Å². The highest BCUT2D eigenvalue weighted by Gasteiger charge is 2.29. The molecule has 0 saturated carbocycles. The molecule has 1 atom stereocenters. The minimum absolute atomic E-state index is 0.153. The molecule has 0 aliphatic carbocycles. The number of ether oxygens (including phenoxy) is 1. The van der Waals surface area contributed by atoms with Gasteiger partial charge in [0, 0.05) is 13.1 Å². The maximum Gasteiger partial charge on any atom is 0.410 e. The minimum Gasteiger partial charge on any atom is -0.444 e. The van der Waals surface area contributed by atoms with Crippen molar-refractivity contribution in [2.75, 3.05) is 26.7 Å². The van der Waals surface area contributed by atoms with Gasteiger partial charge < -0.3 is 15.0 Å². The number of hydrogen-bond donors (Lipinski definition) is 1. The van der Waals surface area contributed by atoms with Crippen molar-refractivity contribution in [1.29, 1.82) is 0 Å². The van der Waals surface area contributed by atoms with Gasteiger partial charge in [-0.25, -0.2) is 4.79 Å². The lowest BCUT2D eigenvalue weighted by atomic mass is 9.81. The first-order valence-electron chi connectivity index (χ1n) is 9.00. The van der Waals surface area contributed by atoms with Crippen molar-refractivity contribution in [3.05, 3.63) is 0 Å². The van der Waals surface area contributed by atoms with Gasteiger partial charge in [-0.05, 0) is 65.5 Å². The molecule has 4 heteroatoms. The van der Waals surface area contributed by atoms with E-state index in [2.05, 4.69) is 12.2 Å². The molecule has 1 aliphatic heterocycles. The van der Waals surface area contributed by atoms with Crippen LogP contribution in [0.15, 0.2) is 0 Å². The van der Waals surface area contributed by atoms with Gasteiger partial charge in [-0.1, -0.05) is 27.2 Å². The predicted molar refractivity (Wildman–Crippen MR) is 94.2 cm³/mol. The van der Waals surface area contributed by atoms with Crippen molar-refractivity contribution < 1.29 is 9.53 Å². The number of nitrogens with zero attached hydrogens (tertiary/aromatic N) is 1.